The molecule has 2 saturated carbocycles. The van der Waals surface area contributed by atoms with E-state index in [1.54, 1.807) is 0 Å². The van der Waals surface area contributed by atoms with Crippen LogP contribution in [0.2, 0.25) is 0 Å². The second kappa shape index (κ2) is 7.46. The van der Waals surface area contributed by atoms with Crippen molar-refractivity contribution in [3.8, 4) is 0 Å². The van der Waals surface area contributed by atoms with Crippen LogP contribution in [0.5, 0.6) is 0 Å². The van der Waals surface area contributed by atoms with Crippen LogP contribution >= 0.6 is 0 Å². The molecule has 0 unspecified atom stereocenters. The van der Waals surface area contributed by atoms with Crippen LogP contribution in [0.1, 0.15) is 51.4 Å². The van der Waals surface area contributed by atoms with Crippen molar-refractivity contribution in [3.05, 3.63) is 24.3 Å². The number of nitrogens with one attached hydrogen (secondary N) is 1. The fraction of sp³-hybridized carbons (Fsp3) is 0.684. The minimum Gasteiger partial charge on any atom is -0.208 e. The summed E-state index contributed by atoms with van der Waals surface area (Å²) in [6.07, 6.45) is 8.22. The van der Waals surface area contributed by atoms with E-state index in [0.717, 1.165) is 44.9 Å². The van der Waals surface area contributed by atoms with E-state index >= 15 is 0 Å². The number of hydrogen-bond donors (Lipinski definition) is 1. The van der Waals surface area contributed by atoms with E-state index in [-0.39, 0.29) is 15.8 Å². The molecule has 6 nitrogen and oxygen atoms in total. The lowest BCUT2D eigenvalue weighted by Crippen LogP contribution is -2.38. The molecule has 0 amide bonds. The third kappa shape index (κ3) is 3.95. The summed E-state index contributed by atoms with van der Waals surface area (Å²) in [5.41, 5.74) is 0. The van der Waals surface area contributed by atoms with Crippen LogP contribution in [0.4, 0.5) is 0 Å². The van der Waals surface area contributed by atoms with Crippen molar-refractivity contribution in [2.45, 2.75) is 67.2 Å². The topological polar surface area (TPSA) is 83.5 Å². The third-order valence-corrected chi connectivity index (χ3v) is 9.80. The second-order valence-corrected chi connectivity index (χ2v) is 11.8. The first kappa shape index (κ1) is 19.4. The maximum absolute atomic E-state index is 12.8. The van der Waals surface area contributed by atoms with Gasteiger partial charge in [0.05, 0.1) is 9.79 Å². The van der Waals surface area contributed by atoms with E-state index < -0.39 is 20.0 Å². The molecule has 1 N–H and O–H groups in total. The monoisotopic (exact) mass is 412 g/mol. The largest absolute Gasteiger partial charge is 0.243 e. The predicted octanol–water partition coefficient (Wildman–Crippen LogP) is 2.72. The van der Waals surface area contributed by atoms with Gasteiger partial charge in [-0.25, -0.2) is 21.6 Å². The summed E-state index contributed by atoms with van der Waals surface area (Å²) < 4.78 is 55.4. The number of sulfonamides is 2. The summed E-state index contributed by atoms with van der Waals surface area (Å²) >= 11 is 0. The highest BCUT2D eigenvalue weighted by molar-refractivity contribution is 7.89. The van der Waals surface area contributed by atoms with Gasteiger partial charge in [0.2, 0.25) is 20.0 Å². The summed E-state index contributed by atoms with van der Waals surface area (Å²) in [5.74, 6) is 1.11. The minimum atomic E-state index is -3.62. The van der Waals surface area contributed by atoms with E-state index in [4.69, 9.17) is 0 Å². The molecule has 1 saturated heterocycles. The van der Waals surface area contributed by atoms with Crippen LogP contribution in [0, 0.1) is 11.8 Å². The smallest absolute Gasteiger partial charge is 0.208 e. The minimum absolute atomic E-state index is 0.0225. The maximum Gasteiger partial charge on any atom is 0.243 e. The SMILES string of the molecule is O=S(=O)(N[C@@H]1C[C@H]2CC[C@H]1C2)c1ccc(S(=O)(=O)N2CCCCCC2)cc1. The van der Waals surface area contributed by atoms with Crippen LogP contribution in [-0.2, 0) is 20.0 Å². The predicted molar refractivity (Wildman–Crippen MR) is 103 cm³/mol. The Morgan fingerprint density at radius 2 is 1.44 bits per heavy atom. The summed E-state index contributed by atoms with van der Waals surface area (Å²) in [6.45, 7) is 1.07. The van der Waals surface area contributed by atoms with Gasteiger partial charge in [-0.2, -0.15) is 4.31 Å². The average molecular weight is 413 g/mol. The Hall–Kier alpha value is -0.960. The lowest BCUT2D eigenvalue weighted by atomic mass is 9.96. The Bertz CT molecular complexity index is 873. The van der Waals surface area contributed by atoms with Crippen LogP contribution in [-0.4, -0.2) is 40.3 Å². The zero-order valence-corrected chi connectivity index (χ0v) is 17.1. The van der Waals surface area contributed by atoms with Gasteiger partial charge in [-0.3, -0.25) is 0 Å². The van der Waals surface area contributed by atoms with E-state index in [0.29, 0.717) is 24.9 Å². The summed E-state index contributed by atoms with van der Waals surface area (Å²) in [7, 11) is -7.18. The molecular weight excluding hydrogens is 384 g/mol. The van der Waals surface area contributed by atoms with Gasteiger partial charge in [0.15, 0.2) is 0 Å². The van der Waals surface area contributed by atoms with Gasteiger partial charge in [0.25, 0.3) is 0 Å². The maximum atomic E-state index is 12.8. The molecule has 2 bridgehead atoms. The molecule has 0 aromatic heterocycles. The van der Waals surface area contributed by atoms with Crippen molar-refractivity contribution >= 4 is 20.0 Å². The van der Waals surface area contributed by atoms with Crippen molar-refractivity contribution in [2.75, 3.05) is 13.1 Å². The molecular formula is C19H28N2O4S2. The Balaban J connectivity index is 1.49. The van der Waals surface area contributed by atoms with E-state index in [2.05, 4.69) is 4.72 Å². The van der Waals surface area contributed by atoms with Crippen LogP contribution in [0.3, 0.4) is 0 Å². The van der Waals surface area contributed by atoms with Gasteiger partial charge in [-0.15, -0.1) is 0 Å². The van der Waals surface area contributed by atoms with E-state index in [1.165, 1.54) is 35.0 Å². The molecule has 27 heavy (non-hydrogen) atoms. The lowest BCUT2D eigenvalue weighted by Gasteiger charge is -2.23. The van der Waals surface area contributed by atoms with Gasteiger partial charge < -0.3 is 0 Å². The zero-order chi connectivity index (χ0) is 19.1. The zero-order valence-electron chi connectivity index (χ0n) is 15.5. The molecule has 1 aromatic rings. The molecule has 3 aliphatic rings. The van der Waals surface area contributed by atoms with Crippen molar-refractivity contribution < 1.29 is 16.8 Å². The lowest BCUT2D eigenvalue weighted by molar-refractivity contribution is 0.390. The summed E-state index contributed by atoms with van der Waals surface area (Å²) in [5, 5.41) is 0. The number of nitrogens with zero attached hydrogens (tertiary/aromatic N) is 1. The number of rotatable bonds is 5. The Labute approximate surface area is 162 Å². The quantitative estimate of drug-likeness (QED) is 0.806. The third-order valence-electron chi connectivity index (χ3n) is 6.38. The fourth-order valence-corrected chi connectivity index (χ4v) is 7.71. The van der Waals surface area contributed by atoms with Crippen molar-refractivity contribution in [2.24, 2.45) is 11.8 Å². The van der Waals surface area contributed by atoms with Crippen LogP contribution < -0.4 is 4.72 Å². The number of benzene rings is 1. The molecule has 3 fully saturated rings. The summed E-state index contributed by atoms with van der Waals surface area (Å²) in [6, 6.07) is 5.71. The van der Waals surface area contributed by atoms with E-state index in [9.17, 15) is 16.8 Å². The molecule has 1 aliphatic heterocycles. The van der Waals surface area contributed by atoms with Gasteiger partial charge in [-0.1, -0.05) is 19.3 Å². The Morgan fingerprint density at radius 3 is 2.00 bits per heavy atom. The van der Waals surface area contributed by atoms with Crippen molar-refractivity contribution in [3.63, 3.8) is 0 Å². The molecule has 150 valence electrons. The van der Waals surface area contributed by atoms with Crippen LogP contribution in [0.25, 0.3) is 0 Å². The standard InChI is InChI=1S/C19H28N2O4S2/c22-26(23,20-19-14-15-5-6-16(19)13-15)17-7-9-18(10-8-17)27(24,25)21-11-3-1-2-4-12-21/h7-10,15-16,19-20H,1-6,11-14H2/t15-,16-,19+/m0/s1. The highest BCUT2D eigenvalue weighted by Gasteiger charge is 2.41. The molecule has 0 radical (unpaired) electrons. The first-order valence-electron chi connectivity index (χ1n) is 9.99. The second-order valence-electron chi connectivity index (χ2n) is 8.19. The van der Waals surface area contributed by atoms with Gasteiger partial charge in [-0.05, 0) is 68.2 Å². The van der Waals surface area contributed by atoms with Crippen molar-refractivity contribution in [1.82, 2.24) is 9.03 Å². The highest BCUT2D eigenvalue weighted by atomic mass is 32.2. The van der Waals surface area contributed by atoms with Gasteiger partial charge in [0, 0.05) is 19.1 Å². The fourth-order valence-electron chi connectivity index (χ4n) is 4.88. The molecule has 0 spiro atoms. The molecule has 3 atom stereocenters. The normalized spacial score (nSPS) is 29.7. The Kier molecular flexibility index (Phi) is 5.35. The molecule has 1 aromatic carbocycles. The molecule has 1 heterocycles. The summed E-state index contributed by atoms with van der Waals surface area (Å²) in [4.78, 5) is 0.309. The molecule has 8 heteroatoms. The number of hydrogen-bond acceptors (Lipinski definition) is 4. The van der Waals surface area contributed by atoms with Gasteiger partial charge in [0.1, 0.15) is 0 Å². The van der Waals surface area contributed by atoms with E-state index in [1.807, 2.05) is 0 Å². The average Bonchev–Trinajstić information content (AvgIpc) is 3.14. The first-order valence-corrected chi connectivity index (χ1v) is 12.9. The first-order chi connectivity index (χ1) is 12.9. The number of fused-ring (bicyclic) bond motifs is 2. The van der Waals surface area contributed by atoms with Crippen molar-refractivity contribution in [1.29, 1.82) is 0 Å². The van der Waals surface area contributed by atoms with Crippen LogP contribution in [0.15, 0.2) is 34.1 Å². The van der Waals surface area contributed by atoms with Gasteiger partial charge >= 0.3 is 0 Å². The molecule has 4 rings (SSSR count). The Morgan fingerprint density at radius 1 is 0.815 bits per heavy atom. The highest BCUT2D eigenvalue weighted by Crippen LogP contribution is 2.44. The molecule has 2 aliphatic carbocycles.